The molecule has 1 aromatic heterocycles. The van der Waals surface area contributed by atoms with Gasteiger partial charge in [0.05, 0.1) is 43.2 Å². The molecule has 2 bridgehead atoms. The number of carbonyl (C=O) groups excluding carboxylic acids is 1. The van der Waals surface area contributed by atoms with Crippen LogP contribution in [0.3, 0.4) is 0 Å². The monoisotopic (exact) mass is 621 g/mol. The van der Waals surface area contributed by atoms with Gasteiger partial charge in [-0.2, -0.15) is 0 Å². The van der Waals surface area contributed by atoms with Crippen LogP contribution >= 0.6 is 11.6 Å². The maximum Gasteiger partial charge on any atom is 0.227 e. The molecule has 3 aliphatic heterocycles. The van der Waals surface area contributed by atoms with Gasteiger partial charge in [-0.15, -0.1) is 0 Å². The van der Waals surface area contributed by atoms with E-state index in [4.69, 9.17) is 21.4 Å². The molecule has 11 nitrogen and oxygen atoms in total. The van der Waals surface area contributed by atoms with Crippen molar-refractivity contribution >= 4 is 23.5 Å². The number of fused-ring (bicyclic) bond motifs is 2. The molecule has 0 saturated carbocycles. The van der Waals surface area contributed by atoms with Gasteiger partial charge in [-0.05, 0) is 49.7 Å². The Morgan fingerprint density at radius 2 is 1.84 bits per heavy atom. The second kappa shape index (κ2) is 14.4. The molecule has 0 unspecified atom stereocenters. The lowest BCUT2D eigenvalue weighted by Gasteiger charge is -2.36. The van der Waals surface area contributed by atoms with E-state index in [1.807, 2.05) is 4.90 Å². The maximum absolute atomic E-state index is 14.9. The number of β-amino-alcohol motifs (C(OH)–C–C–N with tert-alkyl or cyclic N) is 1. The molecule has 3 fully saturated rings. The number of nitrogens with zero attached hydrogens (tertiary/aromatic N) is 5. The average Bonchev–Trinajstić information content (AvgIpc) is 3.61. The van der Waals surface area contributed by atoms with Crippen LogP contribution in [0.2, 0.25) is 5.02 Å². The van der Waals surface area contributed by atoms with Crippen LogP contribution in [-0.2, 0) is 11.2 Å². The summed E-state index contributed by atoms with van der Waals surface area (Å²) in [6.45, 7) is 2.79. The van der Waals surface area contributed by atoms with Crippen LogP contribution in [0.5, 0.6) is 5.75 Å². The lowest BCUT2D eigenvalue weighted by Crippen LogP contribution is -2.53. The summed E-state index contributed by atoms with van der Waals surface area (Å²) in [5.41, 5.74) is 0.324. The summed E-state index contributed by atoms with van der Waals surface area (Å²) in [6.07, 6.45) is 3.87. The van der Waals surface area contributed by atoms with Gasteiger partial charge in [0.25, 0.3) is 0 Å². The molecule has 5 atom stereocenters. The number of halogens is 2. The van der Waals surface area contributed by atoms with Crippen LogP contribution in [0.25, 0.3) is 0 Å². The van der Waals surface area contributed by atoms with Crippen LogP contribution in [0.4, 0.5) is 10.3 Å². The number of piperidine rings is 1. The molecular formula is C30H41ClFN5O6. The van der Waals surface area contributed by atoms with Crippen LogP contribution in [0.15, 0.2) is 30.6 Å². The zero-order chi connectivity index (χ0) is 30.5. The summed E-state index contributed by atoms with van der Waals surface area (Å²) < 4.78 is 20.7. The predicted octanol–water partition coefficient (Wildman–Crippen LogP) is 1.25. The van der Waals surface area contributed by atoms with Crippen molar-refractivity contribution < 1.29 is 34.3 Å². The smallest absolute Gasteiger partial charge is 0.227 e. The van der Waals surface area contributed by atoms with Gasteiger partial charge in [0, 0.05) is 50.9 Å². The number of likely N-dealkylation sites (tertiary alicyclic amines) is 2. The predicted molar refractivity (Wildman–Crippen MR) is 157 cm³/mol. The molecule has 236 valence electrons. The fourth-order valence-electron chi connectivity index (χ4n) is 6.47. The number of benzene rings is 1. The first-order chi connectivity index (χ1) is 20.7. The molecule has 5 rings (SSSR count). The fraction of sp³-hybridized carbons (Fsp3) is 0.633. The zero-order valence-electron chi connectivity index (χ0n) is 24.1. The van der Waals surface area contributed by atoms with Crippen molar-refractivity contribution in [1.82, 2.24) is 19.8 Å². The second-order valence-corrected chi connectivity index (χ2v) is 12.3. The van der Waals surface area contributed by atoms with E-state index in [2.05, 4.69) is 14.9 Å². The number of anilines is 1. The molecule has 0 aliphatic carbocycles. The standard InChI is InChI=1S/C30H41ClFN5O6/c31-21-13-33-30(34-14-21)35-7-5-19(6-8-35)2-1-9-43-24-4-3-20(25(32)12-24)10-28(41)37-16-22-11-23(37)15-36(22)17-26(39)29(42)27(40)18-38/h3-4,12-14,19,22-23,26-27,29,38-40,42H,1-2,5-11,15-18H2/t22-,23-,26+,27-,29+/m1/s1. The van der Waals surface area contributed by atoms with E-state index in [9.17, 15) is 24.5 Å². The maximum atomic E-state index is 14.9. The topological polar surface area (TPSA) is 143 Å². The largest absolute Gasteiger partial charge is 0.493 e. The normalized spacial score (nSPS) is 23.0. The molecule has 4 heterocycles. The summed E-state index contributed by atoms with van der Waals surface area (Å²) >= 11 is 5.88. The van der Waals surface area contributed by atoms with Gasteiger partial charge in [0.2, 0.25) is 11.9 Å². The van der Waals surface area contributed by atoms with E-state index in [-0.39, 0.29) is 31.0 Å². The number of hydrogen-bond acceptors (Lipinski definition) is 10. The Bertz CT molecular complexity index is 1220. The van der Waals surface area contributed by atoms with Crippen LogP contribution in [-0.4, -0.2) is 122 Å². The molecule has 4 N–H and O–H groups in total. The number of aliphatic hydroxyl groups excluding tert-OH is 4. The Balaban J connectivity index is 1.01. The van der Waals surface area contributed by atoms with Crippen LogP contribution < -0.4 is 9.64 Å². The Morgan fingerprint density at radius 3 is 2.49 bits per heavy atom. The Hall–Kier alpha value is -2.61. The summed E-state index contributed by atoms with van der Waals surface area (Å²) in [6, 6.07) is 4.64. The van der Waals surface area contributed by atoms with E-state index in [1.165, 1.54) is 6.07 Å². The van der Waals surface area contributed by atoms with Gasteiger partial charge in [-0.25, -0.2) is 14.4 Å². The highest BCUT2D eigenvalue weighted by molar-refractivity contribution is 6.30. The van der Waals surface area contributed by atoms with E-state index in [0.29, 0.717) is 47.9 Å². The molecule has 1 aromatic carbocycles. The molecule has 0 spiro atoms. The van der Waals surface area contributed by atoms with E-state index < -0.39 is 30.7 Å². The van der Waals surface area contributed by atoms with Crippen molar-refractivity contribution in [3.05, 3.63) is 47.0 Å². The van der Waals surface area contributed by atoms with Gasteiger partial charge in [-0.1, -0.05) is 17.7 Å². The van der Waals surface area contributed by atoms with Gasteiger partial charge in [0.1, 0.15) is 23.8 Å². The first-order valence-corrected chi connectivity index (χ1v) is 15.4. The fourth-order valence-corrected chi connectivity index (χ4v) is 6.57. The third kappa shape index (κ3) is 7.92. The van der Waals surface area contributed by atoms with Crippen molar-refractivity contribution in [3.8, 4) is 5.75 Å². The highest BCUT2D eigenvalue weighted by atomic mass is 35.5. The zero-order valence-corrected chi connectivity index (χ0v) is 24.9. The minimum Gasteiger partial charge on any atom is -0.493 e. The van der Waals surface area contributed by atoms with Gasteiger partial charge in [0.15, 0.2) is 0 Å². The molecule has 3 saturated heterocycles. The number of aliphatic hydroxyl groups is 4. The van der Waals surface area contributed by atoms with Crippen molar-refractivity contribution in [3.63, 3.8) is 0 Å². The molecule has 13 heteroatoms. The van der Waals surface area contributed by atoms with Crippen molar-refractivity contribution in [2.75, 3.05) is 50.8 Å². The van der Waals surface area contributed by atoms with Crippen LogP contribution in [0, 0.1) is 11.7 Å². The molecular weight excluding hydrogens is 581 g/mol. The molecule has 1 amide bonds. The summed E-state index contributed by atoms with van der Waals surface area (Å²) in [4.78, 5) is 27.6. The SMILES string of the molecule is O=C(Cc1ccc(OCCCC2CCN(c3ncc(Cl)cn3)CC2)cc1F)N1C[C@H]2C[C@@H]1CN2C[C@H](O)[C@H](O)[C@H](O)CO. The quantitative estimate of drug-likeness (QED) is 0.241. The number of amides is 1. The number of aromatic nitrogens is 2. The van der Waals surface area contributed by atoms with E-state index >= 15 is 0 Å². The third-order valence-corrected chi connectivity index (χ3v) is 9.16. The van der Waals surface area contributed by atoms with E-state index in [0.717, 1.165) is 45.2 Å². The van der Waals surface area contributed by atoms with Crippen molar-refractivity contribution in [2.24, 2.45) is 5.92 Å². The molecule has 2 aromatic rings. The summed E-state index contributed by atoms with van der Waals surface area (Å²) in [5, 5.41) is 39.2. The first kappa shape index (κ1) is 31.8. The lowest BCUT2D eigenvalue weighted by atomic mass is 9.92. The number of ether oxygens (including phenoxy) is 1. The molecule has 0 radical (unpaired) electrons. The minimum atomic E-state index is -1.45. The van der Waals surface area contributed by atoms with Crippen molar-refractivity contribution in [2.45, 2.75) is 68.9 Å². The molecule has 43 heavy (non-hydrogen) atoms. The minimum absolute atomic E-state index is 0.0211. The first-order valence-electron chi connectivity index (χ1n) is 15.0. The number of rotatable bonds is 13. The lowest BCUT2D eigenvalue weighted by molar-refractivity contribution is -0.133. The average molecular weight is 622 g/mol. The Morgan fingerprint density at radius 1 is 1.09 bits per heavy atom. The highest BCUT2D eigenvalue weighted by Crippen LogP contribution is 2.32. The summed E-state index contributed by atoms with van der Waals surface area (Å²) in [5.74, 6) is 1.15. The Labute approximate surface area is 255 Å². The Kier molecular flexibility index (Phi) is 10.7. The van der Waals surface area contributed by atoms with Gasteiger partial charge >= 0.3 is 0 Å². The summed E-state index contributed by atoms with van der Waals surface area (Å²) in [7, 11) is 0. The van der Waals surface area contributed by atoms with Gasteiger partial charge in [-0.3, -0.25) is 9.69 Å². The van der Waals surface area contributed by atoms with Crippen molar-refractivity contribution in [1.29, 1.82) is 0 Å². The number of hydrogen-bond donors (Lipinski definition) is 4. The molecule has 3 aliphatic rings. The number of piperazine rings is 1. The highest BCUT2D eigenvalue weighted by Gasteiger charge is 2.46. The number of carbonyl (C=O) groups is 1. The second-order valence-electron chi connectivity index (χ2n) is 11.9. The third-order valence-electron chi connectivity index (χ3n) is 8.97. The van der Waals surface area contributed by atoms with Crippen LogP contribution in [0.1, 0.15) is 37.7 Å². The van der Waals surface area contributed by atoms with E-state index in [1.54, 1.807) is 29.4 Å². The van der Waals surface area contributed by atoms with Gasteiger partial charge < -0.3 is 35.0 Å².